The first-order chi connectivity index (χ1) is 20.6. The van der Waals surface area contributed by atoms with Crippen LogP contribution in [0.15, 0.2) is 89.5 Å². The van der Waals surface area contributed by atoms with Gasteiger partial charge in [0.25, 0.3) is 0 Å². The van der Waals surface area contributed by atoms with E-state index in [9.17, 15) is 18.0 Å². The van der Waals surface area contributed by atoms with Crippen LogP contribution in [-0.2, 0) is 6.42 Å². The summed E-state index contributed by atoms with van der Waals surface area (Å²) in [5.41, 5.74) is 4.44. The van der Waals surface area contributed by atoms with Crippen molar-refractivity contribution in [3.63, 3.8) is 0 Å². The molecule has 0 radical (unpaired) electrons. The van der Waals surface area contributed by atoms with Gasteiger partial charge in [-0.05, 0) is 54.8 Å². The molecule has 1 N–H and O–H groups in total. The summed E-state index contributed by atoms with van der Waals surface area (Å²) in [5, 5.41) is 8.81. The summed E-state index contributed by atoms with van der Waals surface area (Å²) in [7, 11) is 0. The third kappa shape index (κ3) is 7.17. The smallest absolute Gasteiger partial charge is 0.406 e. The number of rotatable bonds is 8. The molecule has 0 spiro atoms. The SMILES string of the molecule is CCc1ccccc1-n1c(C)cs/c1=N\C(=O)NCC(F)c1ccc(-c2ncn(-c3ccc(OC(F)(F)F)cc3)n2)cc1. The molecular weight excluding hydrogens is 584 g/mol. The van der Waals surface area contributed by atoms with Crippen molar-refractivity contribution in [1.29, 1.82) is 0 Å². The molecule has 0 saturated carbocycles. The Labute approximate surface area is 247 Å². The van der Waals surface area contributed by atoms with Crippen LogP contribution in [0, 0.1) is 6.92 Å². The van der Waals surface area contributed by atoms with Crippen LogP contribution in [-0.4, -0.2) is 38.3 Å². The number of thiazole rings is 1. The molecule has 0 aliphatic heterocycles. The number of benzene rings is 3. The van der Waals surface area contributed by atoms with E-state index in [1.807, 2.05) is 41.1 Å². The first-order valence-corrected chi connectivity index (χ1v) is 14.1. The maximum atomic E-state index is 15.0. The van der Waals surface area contributed by atoms with Crippen LogP contribution < -0.4 is 14.9 Å². The zero-order chi connectivity index (χ0) is 30.6. The Morgan fingerprint density at radius 1 is 1.07 bits per heavy atom. The number of carbonyl (C=O) groups is 1. The first kappa shape index (κ1) is 29.7. The number of alkyl halides is 4. The van der Waals surface area contributed by atoms with Gasteiger partial charge in [-0.3, -0.25) is 4.57 Å². The lowest BCUT2D eigenvalue weighted by atomic mass is 10.1. The molecule has 5 aromatic rings. The predicted octanol–water partition coefficient (Wildman–Crippen LogP) is 6.88. The second-order valence-corrected chi connectivity index (χ2v) is 10.3. The van der Waals surface area contributed by atoms with Crippen LogP contribution in [0.2, 0.25) is 0 Å². The number of nitrogens with zero attached hydrogens (tertiary/aromatic N) is 5. The van der Waals surface area contributed by atoms with Gasteiger partial charge >= 0.3 is 12.4 Å². The van der Waals surface area contributed by atoms with E-state index in [1.54, 1.807) is 24.3 Å². The molecule has 3 aromatic carbocycles. The van der Waals surface area contributed by atoms with Crippen molar-refractivity contribution < 1.29 is 27.1 Å². The largest absolute Gasteiger partial charge is 0.573 e. The van der Waals surface area contributed by atoms with Gasteiger partial charge in [0.15, 0.2) is 10.6 Å². The average molecular weight is 611 g/mol. The molecule has 0 aliphatic carbocycles. The Hall–Kier alpha value is -4.78. The van der Waals surface area contributed by atoms with Crippen molar-refractivity contribution >= 4 is 17.4 Å². The molecule has 5 rings (SSSR count). The van der Waals surface area contributed by atoms with E-state index in [4.69, 9.17) is 0 Å². The Morgan fingerprint density at radius 2 is 1.79 bits per heavy atom. The van der Waals surface area contributed by atoms with Crippen LogP contribution in [0.1, 0.15) is 29.9 Å². The molecule has 43 heavy (non-hydrogen) atoms. The van der Waals surface area contributed by atoms with Crippen molar-refractivity contribution in [3.8, 4) is 28.5 Å². The fourth-order valence-electron chi connectivity index (χ4n) is 4.37. The Bertz CT molecular complexity index is 1780. The van der Waals surface area contributed by atoms with E-state index in [1.165, 1.54) is 46.6 Å². The van der Waals surface area contributed by atoms with Crippen LogP contribution >= 0.6 is 11.3 Å². The molecule has 0 fully saturated rings. The molecule has 13 heteroatoms. The molecular formula is C30H26F4N6O2S. The minimum atomic E-state index is -4.78. The molecule has 2 amide bonds. The van der Waals surface area contributed by atoms with Crippen molar-refractivity contribution in [3.05, 3.63) is 106 Å². The van der Waals surface area contributed by atoms with Crippen molar-refractivity contribution in [2.45, 2.75) is 32.8 Å². The van der Waals surface area contributed by atoms with E-state index >= 15 is 4.39 Å². The van der Waals surface area contributed by atoms with Crippen molar-refractivity contribution in [1.82, 2.24) is 24.6 Å². The fourth-order valence-corrected chi connectivity index (χ4v) is 5.24. The number of hydrogen-bond acceptors (Lipinski definition) is 5. The summed E-state index contributed by atoms with van der Waals surface area (Å²) in [6, 6.07) is 18.9. The highest BCUT2D eigenvalue weighted by Crippen LogP contribution is 2.25. The van der Waals surface area contributed by atoms with Gasteiger partial charge in [0.05, 0.1) is 17.9 Å². The highest BCUT2D eigenvalue weighted by atomic mass is 32.1. The standard InChI is InChI=1S/C30H26F4N6O2S/c1-3-20-6-4-5-7-26(20)40-19(2)17-43-29(40)37-28(41)35-16-25(31)21-8-10-22(11-9-21)27-36-18-39(38-27)23-12-14-24(15-13-23)42-30(32,33)34/h4-15,17-18,25H,3,16H2,1-2H3,(H,35,41)/b37-29-. The number of halogens is 4. The highest BCUT2D eigenvalue weighted by Gasteiger charge is 2.31. The lowest BCUT2D eigenvalue weighted by molar-refractivity contribution is -0.274. The van der Waals surface area contributed by atoms with Gasteiger partial charge in [-0.1, -0.05) is 49.4 Å². The number of para-hydroxylation sites is 1. The van der Waals surface area contributed by atoms with Gasteiger partial charge in [0.1, 0.15) is 18.2 Å². The number of nitrogens with one attached hydrogen (secondary N) is 1. The number of amides is 2. The van der Waals surface area contributed by atoms with Gasteiger partial charge in [-0.15, -0.1) is 29.6 Å². The number of urea groups is 1. The van der Waals surface area contributed by atoms with Gasteiger partial charge in [-0.2, -0.15) is 4.99 Å². The lowest BCUT2D eigenvalue weighted by Crippen LogP contribution is -2.27. The van der Waals surface area contributed by atoms with Gasteiger partial charge in [0, 0.05) is 16.6 Å². The van der Waals surface area contributed by atoms with Crippen LogP contribution in [0.4, 0.5) is 22.4 Å². The van der Waals surface area contributed by atoms with Crippen LogP contribution in [0.5, 0.6) is 5.75 Å². The summed E-state index contributed by atoms with van der Waals surface area (Å²) < 4.78 is 59.4. The van der Waals surface area contributed by atoms with Gasteiger partial charge in [-0.25, -0.2) is 18.9 Å². The Balaban J connectivity index is 1.22. The summed E-state index contributed by atoms with van der Waals surface area (Å²) in [4.78, 5) is 21.5. The quantitative estimate of drug-likeness (QED) is 0.194. The molecule has 0 saturated heterocycles. The molecule has 0 bridgehead atoms. The minimum absolute atomic E-state index is 0.265. The third-order valence-electron chi connectivity index (χ3n) is 6.48. The van der Waals surface area contributed by atoms with E-state index < -0.39 is 18.6 Å². The minimum Gasteiger partial charge on any atom is -0.406 e. The number of hydrogen-bond donors (Lipinski definition) is 1. The van der Waals surface area contributed by atoms with E-state index in [0.717, 1.165) is 23.4 Å². The predicted molar refractivity (Wildman–Crippen MR) is 154 cm³/mol. The molecule has 0 aliphatic rings. The van der Waals surface area contributed by atoms with E-state index in [2.05, 4.69) is 32.1 Å². The monoisotopic (exact) mass is 610 g/mol. The van der Waals surface area contributed by atoms with Gasteiger partial charge < -0.3 is 10.1 Å². The summed E-state index contributed by atoms with van der Waals surface area (Å²) in [5.74, 6) is -0.00491. The van der Waals surface area contributed by atoms with Crippen molar-refractivity contribution in [2.75, 3.05) is 6.54 Å². The number of carbonyl (C=O) groups excluding carboxylic acids is 1. The second kappa shape index (κ2) is 12.6. The topological polar surface area (TPSA) is 86.3 Å². The first-order valence-electron chi connectivity index (χ1n) is 13.2. The number of ether oxygens (including phenoxy) is 1. The Morgan fingerprint density at radius 3 is 2.49 bits per heavy atom. The zero-order valence-electron chi connectivity index (χ0n) is 23.0. The lowest BCUT2D eigenvalue weighted by Gasteiger charge is -2.11. The molecule has 2 heterocycles. The number of aromatic nitrogens is 4. The van der Waals surface area contributed by atoms with Crippen LogP contribution in [0.3, 0.4) is 0 Å². The Kier molecular flexibility index (Phi) is 8.71. The summed E-state index contributed by atoms with van der Waals surface area (Å²) in [6.45, 7) is 3.73. The second-order valence-electron chi connectivity index (χ2n) is 9.42. The van der Waals surface area contributed by atoms with Crippen molar-refractivity contribution in [2.24, 2.45) is 4.99 Å². The third-order valence-corrected chi connectivity index (χ3v) is 7.42. The van der Waals surface area contributed by atoms with Crippen LogP contribution in [0.25, 0.3) is 22.8 Å². The van der Waals surface area contributed by atoms with Gasteiger partial charge in [0.2, 0.25) is 0 Å². The summed E-state index contributed by atoms with van der Waals surface area (Å²) in [6.07, 6.45) is -4.02. The molecule has 1 unspecified atom stereocenters. The molecule has 1 atom stereocenters. The summed E-state index contributed by atoms with van der Waals surface area (Å²) >= 11 is 1.33. The van der Waals surface area contributed by atoms with E-state index in [0.29, 0.717) is 27.4 Å². The highest BCUT2D eigenvalue weighted by molar-refractivity contribution is 7.07. The molecule has 222 valence electrons. The maximum Gasteiger partial charge on any atom is 0.573 e. The maximum absolute atomic E-state index is 15.0. The molecule has 2 aromatic heterocycles. The molecule has 8 nitrogen and oxygen atoms in total. The fraction of sp³-hybridized carbons (Fsp3) is 0.200. The zero-order valence-corrected chi connectivity index (χ0v) is 23.9. The number of aryl methyl sites for hydroxylation is 2. The normalized spacial score (nSPS) is 12.7. The average Bonchev–Trinajstić information content (AvgIpc) is 3.62. The van der Waals surface area contributed by atoms with E-state index in [-0.39, 0.29) is 12.3 Å².